The number of ketones is 1. The number of hydrogen-bond acceptors (Lipinski definition) is 7. The summed E-state index contributed by atoms with van der Waals surface area (Å²) < 4.78 is 21.6. The molecule has 1 aromatic rings. The number of esters is 1. The topological polar surface area (TPSA) is 91.3 Å². The molecule has 1 N–H and O–H groups in total. The Balaban J connectivity index is 2.04. The lowest BCUT2D eigenvalue weighted by molar-refractivity contribution is -0.119. The Kier molecular flexibility index (Phi) is 3.89. The van der Waals surface area contributed by atoms with Gasteiger partial charge in [0.05, 0.1) is 20.3 Å². The van der Waals surface area contributed by atoms with E-state index in [1.165, 1.54) is 21.1 Å². The highest BCUT2D eigenvalue weighted by Crippen LogP contribution is 2.49. The van der Waals surface area contributed by atoms with Gasteiger partial charge in [-0.1, -0.05) is 0 Å². The zero-order valence-electron chi connectivity index (χ0n) is 13.1. The van der Waals surface area contributed by atoms with Crippen LogP contribution in [0.2, 0.25) is 0 Å². The highest BCUT2D eigenvalue weighted by Gasteiger charge is 2.46. The lowest BCUT2D eigenvalue weighted by Gasteiger charge is -2.28. The van der Waals surface area contributed by atoms with Crippen molar-refractivity contribution in [3.63, 3.8) is 0 Å². The molecule has 0 spiro atoms. The second kappa shape index (κ2) is 5.73. The quantitative estimate of drug-likeness (QED) is 0.844. The van der Waals surface area contributed by atoms with Crippen LogP contribution in [0, 0.1) is 0 Å². The molecular formula is C16H18O7. The van der Waals surface area contributed by atoms with Gasteiger partial charge in [-0.3, -0.25) is 4.79 Å². The van der Waals surface area contributed by atoms with Gasteiger partial charge in [-0.15, -0.1) is 0 Å². The van der Waals surface area contributed by atoms with E-state index in [0.717, 1.165) is 0 Å². The first-order chi connectivity index (χ1) is 11.0. The van der Waals surface area contributed by atoms with Gasteiger partial charge in [-0.25, -0.2) is 4.79 Å². The molecular weight excluding hydrogens is 304 g/mol. The van der Waals surface area contributed by atoms with Crippen LogP contribution in [-0.2, 0) is 14.3 Å². The minimum absolute atomic E-state index is 0.00959. The van der Waals surface area contributed by atoms with Gasteiger partial charge in [0.25, 0.3) is 0 Å². The first-order valence-corrected chi connectivity index (χ1v) is 7.30. The largest absolute Gasteiger partial charge is 0.504 e. The van der Waals surface area contributed by atoms with Crippen molar-refractivity contribution in [2.24, 2.45) is 0 Å². The molecule has 0 unspecified atom stereocenters. The normalized spacial score (nSPS) is 25.3. The maximum Gasteiger partial charge on any atom is 0.342 e. The Bertz CT molecular complexity index is 667. The number of aromatic hydroxyl groups is 1. The van der Waals surface area contributed by atoms with Crippen molar-refractivity contribution < 1.29 is 33.6 Å². The molecule has 0 bridgehead atoms. The number of fused-ring (bicyclic) bond motifs is 3. The highest BCUT2D eigenvalue weighted by molar-refractivity contribution is 5.97. The van der Waals surface area contributed by atoms with Gasteiger partial charge in [0.2, 0.25) is 5.75 Å². The molecule has 1 saturated heterocycles. The predicted octanol–water partition coefficient (Wildman–Crippen LogP) is 1.76. The molecule has 2 aliphatic heterocycles. The number of methoxy groups -OCH3 is 2. The molecule has 0 saturated carbocycles. The fourth-order valence-corrected chi connectivity index (χ4v) is 3.20. The molecule has 124 valence electrons. The van der Waals surface area contributed by atoms with Crippen molar-refractivity contribution in [1.29, 1.82) is 0 Å². The molecule has 2 heterocycles. The van der Waals surface area contributed by atoms with E-state index in [9.17, 15) is 14.7 Å². The van der Waals surface area contributed by atoms with E-state index in [1.54, 1.807) is 6.07 Å². The smallest absolute Gasteiger partial charge is 0.342 e. The fraction of sp³-hybridized carbons (Fsp3) is 0.500. The highest BCUT2D eigenvalue weighted by atomic mass is 16.6. The van der Waals surface area contributed by atoms with Gasteiger partial charge in [-0.05, 0) is 13.0 Å². The van der Waals surface area contributed by atoms with Gasteiger partial charge in [-0.2, -0.15) is 0 Å². The van der Waals surface area contributed by atoms with E-state index < -0.39 is 18.2 Å². The van der Waals surface area contributed by atoms with Gasteiger partial charge in [0.15, 0.2) is 11.5 Å². The van der Waals surface area contributed by atoms with Crippen LogP contribution in [0.1, 0.15) is 41.8 Å². The van der Waals surface area contributed by atoms with E-state index in [1.807, 2.05) is 0 Å². The van der Waals surface area contributed by atoms with E-state index in [0.29, 0.717) is 17.7 Å². The molecule has 0 amide bonds. The number of hydrogen-bond donors (Lipinski definition) is 1. The third kappa shape index (κ3) is 2.50. The molecule has 7 nitrogen and oxygen atoms in total. The summed E-state index contributed by atoms with van der Waals surface area (Å²) in [6, 6.07) is 1.61. The number of ether oxygens (including phenoxy) is 4. The van der Waals surface area contributed by atoms with Crippen molar-refractivity contribution in [3.05, 3.63) is 17.2 Å². The van der Waals surface area contributed by atoms with Crippen LogP contribution in [0.5, 0.6) is 17.2 Å². The average molecular weight is 322 g/mol. The van der Waals surface area contributed by atoms with Crippen LogP contribution in [0.15, 0.2) is 6.07 Å². The van der Waals surface area contributed by atoms with Gasteiger partial charge >= 0.3 is 5.97 Å². The van der Waals surface area contributed by atoms with E-state index in [-0.39, 0.29) is 35.4 Å². The number of phenols is 1. The fourth-order valence-electron chi connectivity index (χ4n) is 3.20. The first-order valence-electron chi connectivity index (χ1n) is 7.30. The minimum Gasteiger partial charge on any atom is -0.504 e. The maximum absolute atomic E-state index is 12.2. The van der Waals surface area contributed by atoms with Crippen LogP contribution in [0.4, 0.5) is 0 Å². The van der Waals surface area contributed by atoms with Crippen molar-refractivity contribution in [1.82, 2.24) is 0 Å². The van der Waals surface area contributed by atoms with Crippen molar-refractivity contribution in [2.45, 2.75) is 38.1 Å². The van der Waals surface area contributed by atoms with E-state index in [4.69, 9.17) is 18.9 Å². The number of phenolic OH excluding ortho intramolecular Hbond substituents is 1. The number of Topliss-reactive ketones (excluding diaryl/α,β-unsaturated/α-hetero) is 1. The molecule has 3 atom stereocenters. The summed E-state index contributed by atoms with van der Waals surface area (Å²) >= 11 is 0. The number of carbonyl (C=O) groups is 2. The Morgan fingerprint density at radius 2 is 2.13 bits per heavy atom. The van der Waals surface area contributed by atoms with Crippen LogP contribution < -0.4 is 9.47 Å². The first kappa shape index (κ1) is 15.6. The summed E-state index contributed by atoms with van der Waals surface area (Å²) in [4.78, 5) is 23.5. The summed E-state index contributed by atoms with van der Waals surface area (Å²) in [5.74, 6) is -0.582. The number of benzene rings is 1. The average Bonchev–Trinajstić information content (AvgIpc) is 2.87. The second-order valence-electron chi connectivity index (χ2n) is 5.69. The zero-order chi connectivity index (χ0) is 16.7. The molecule has 2 aliphatic rings. The third-order valence-electron chi connectivity index (χ3n) is 4.13. The number of carbonyl (C=O) groups excluding carboxylic acids is 2. The standard InChI is InChI=1S/C16H18O7/c1-7(17)4-8-5-11-14(22-8)9-6-10(20-2)15(21-3)13(18)12(9)16(19)23-11/h6,8,11,14,18H,4-5H2,1-3H3/t8-,11+,14+/m0/s1. The monoisotopic (exact) mass is 322 g/mol. The lowest BCUT2D eigenvalue weighted by Crippen LogP contribution is -2.29. The molecule has 23 heavy (non-hydrogen) atoms. The van der Waals surface area contributed by atoms with Gasteiger partial charge in [0, 0.05) is 18.4 Å². The van der Waals surface area contributed by atoms with Crippen LogP contribution >= 0.6 is 0 Å². The second-order valence-corrected chi connectivity index (χ2v) is 5.69. The van der Waals surface area contributed by atoms with Gasteiger partial charge in [0.1, 0.15) is 23.6 Å². The third-order valence-corrected chi connectivity index (χ3v) is 4.13. The van der Waals surface area contributed by atoms with E-state index >= 15 is 0 Å². The Labute approximate surface area is 133 Å². The summed E-state index contributed by atoms with van der Waals surface area (Å²) in [5, 5.41) is 10.3. The molecule has 3 rings (SSSR count). The summed E-state index contributed by atoms with van der Waals surface area (Å²) in [6.07, 6.45) is -0.602. The predicted molar refractivity (Wildman–Crippen MR) is 77.9 cm³/mol. The van der Waals surface area contributed by atoms with Crippen LogP contribution in [0.25, 0.3) is 0 Å². The maximum atomic E-state index is 12.2. The Hall–Kier alpha value is -2.28. The summed E-state index contributed by atoms with van der Waals surface area (Å²) in [6.45, 7) is 1.49. The SMILES string of the molecule is COc1cc2c(c(O)c1OC)C(=O)O[C@@H]1C[C@H](CC(C)=O)O[C@H]21. The lowest BCUT2D eigenvalue weighted by atomic mass is 9.93. The molecule has 0 radical (unpaired) electrons. The van der Waals surface area contributed by atoms with Crippen molar-refractivity contribution in [2.75, 3.05) is 14.2 Å². The van der Waals surface area contributed by atoms with Crippen LogP contribution in [-0.4, -0.2) is 43.3 Å². The van der Waals surface area contributed by atoms with E-state index in [2.05, 4.69) is 0 Å². The molecule has 7 heteroatoms. The molecule has 0 aliphatic carbocycles. The van der Waals surface area contributed by atoms with Crippen LogP contribution in [0.3, 0.4) is 0 Å². The van der Waals surface area contributed by atoms with Crippen molar-refractivity contribution in [3.8, 4) is 17.2 Å². The molecule has 1 fully saturated rings. The summed E-state index contributed by atoms with van der Waals surface area (Å²) in [5.41, 5.74) is 0.514. The Morgan fingerprint density at radius 3 is 2.74 bits per heavy atom. The summed E-state index contributed by atoms with van der Waals surface area (Å²) in [7, 11) is 2.81. The minimum atomic E-state index is -0.633. The number of rotatable bonds is 4. The molecule has 1 aromatic carbocycles. The van der Waals surface area contributed by atoms with Crippen molar-refractivity contribution >= 4 is 11.8 Å². The Morgan fingerprint density at radius 1 is 1.39 bits per heavy atom. The zero-order valence-corrected chi connectivity index (χ0v) is 13.1. The molecule has 0 aromatic heterocycles. The van der Waals surface area contributed by atoms with Gasteiger partial charge < -0.3 is 24.1 Å².